The van der Waals surface area contributed by atoms with Crippen LogP contribution in [-0.4, -0.2) is 13.8 Å². The lowest BCUT2D eigenvalue weighted by molar-refractivity contribution is 0.289. The van der Waals surface area contributed by atoms with Gasteiger partial charge in [-0.25, -0.2) is 4.79 Å². The van der Waals surface area contributed by atoms with Gasteiger partial charge in [-0.3, -0.25) is 0 Å². The van der Waals surface area contributed by atoms with Crippen LogP contribution in [-0.2, 0) is 13.0 Å². The smallest absolute Gasteiger partial charge is 0.336 e. The first-order valence-electron chi connectivity index (χ1n) is 8.90. The van der Waals surface area contributed by atoms with Gasteiger partial charge in [-0.2, -0.15) is 0 Å². The second-order valence-electron chi connectivity index (χ2n) is 6.55. The summed E-state index contributed by atoms with van der Waals surface area (Å²) >= 11 is 6.49. The minimum absolute atomic E-state index is 0.350. The van der Waals surface area contributed by atoms with Gasteiger partial charge >= 0.3 is 5.63 Å². The molecule has 0 bridgehead atoms. The maximum atomic E-state index is 12.1. The molecule has 6 heteroatoms. The number of anilines is 1. The Bertz CT molecular complexity index is 1040. The molecule has 0 radical (unpaired) electrons. The molecule has 1 aromatic heterocycles. The third-order valence-corrected chi connectivity index (χ3v) is 5.07. The molecular formula is C21H20ClNO4. The molecule has 4 rings (SSSR count). The van der Waals surface area contributed by atoms with Crippen molar-refractivity contribution in [1.82, 2.24) is 0 Å². The summed E-state index contributed by atoms with van der Waals surface area (Å²) in [4.78, 5) is 14.2. The average Bonchev–Trinajstić information content (AvgIpc) is 2.69. The Balaban J connectivity index is 1.82. The molecule has 27 heavy (non-hydrogen) atoms. The fourth-order valence-electron chi connectivity index (χ4n) is 3.49. The van der Waals surface area contributed by atoms with E-state index in [0.717, 1.165) is 40.8 Å². The molecule has 0 fully saturated rings. The van der Waals surface area contributed by atoms with E-state index in [-0.39, 0.29) is 5.63 Å². The van der Waals surface area contributed by atoms with E-state index in [9.17, 15) is 4.79 Å². The molecule has 1 aliphatic heterocycles. The minimum Gasteiger partial charge on any atom is -0.497 e. The normalized spacial score (nSPS) is 13.4. The van der Waals surface area contributed by atoms with Gasteiger partial charge in [0.05, 0.1) is 24.2 Å². The Morgan fingerprint density at radius 2 is 2.00 bits per heavy atom. The van der Waals surface area contributed by atoms with Gasteiger partial charge in [-0.05, 0) is 42.3 Å². The molecule has 0 aliphatic carbocycles. The predicted octanol–water partition coefficient (Wildman–Crippen LogP) is 4.76. The van der Waals surface area contributed by atoms with Crippen molar-refractivity contribution in [3.05, 3.63) is 63.0 Å². The number of benzene rings is 2. The first-order chi connectivity index (χ1) is 13.1. The molecule has 0 spiro atoms. The molecule has 2 aromatic carbocycles. The van der Waals surface area contributed by atoms with Crippen LogP contribution in [0.3, 0.4) is 0 Å². The number of aryl methyl sites for hydroxylation is 1. The van der Waals surface area contributed by atoms with Crippen molar-refractivity contribution < 1.29 is 13.9 Å². The van der Waals surface area contributed by atoms with Crippen molar-refractivity contribution in [2.45, 2.75) is 26.3 Å². The van der Waals surface area contributed by atoms with E-state index in [1.807, 2.05) is 30.3 Å². The Morgan fingerprint density at radius 1 is 1.22 bits per heavy atom. The van der Waals surface area contributed by atoms with Crippen molar-refractivity contribution in [3.63, 3.8) is 0 Å². The lowest BCUT2D eigenvalue weighted by Crippen LogP contribution is -2.32. The maximum absolute atomic E-state index is 12.1. The summed E-state index contributed by atoms with van der Waals surface area (Å²) in [5.74, 6) is 1.38. The van der Waals surface area contributed by atoms with Gasteiger partial charge < -0.3 is 18.8 Å². The number of hydrogen-bond donors (Lipinski definition) is 0. The van der Waals surface area contributed by atoms with E-state index in [4.69, 9.17) is 25.5 Å². The van der Waals surface area contributed by atoms with Crippen LogP contribution in [0.5, 0.6) is 11.5 Å². The highest BCUT2D eigenvalue weighted by Crippen LogP contribution is 2.40. The molecule has 3 aromatic rings. The standard InChI is InChI=1S/C21H20ClNO4/c1-3-4-13-9-19(24)27-20-16(13)10-18(22)21-17(20)11-23(12-26-21)14-5-7-15(25-2)8-6-14/h5-10H,3-4,11-12H2,1-2H3. The van der Waals surface area contributed by atoms with Crippen molar-refractivity contribution in [2.24, 2.45) is 0 Å². The molecule has 0 N–H and O–H groups in total. The Morgan fingerprint density at radius 3 is 2.70 bits per heavy atom. The highest BCUT2D eigenvalue weighted by molar-refractivity contribution is 6.33. The van der Waals surface area contributed by atoms with Crippen LogP contribution in [0.2, 0.25) is 5.02 Å². The number of nitrogens with zero attached hydrogens (tertiary/aromatic N) is 1. The fourth-order valence-corrected chi connectivity index (χ4v) is 3.76. The maximum Gasteiger partial charge on any atom is 0.336 e. The number of rotatable bonds is 4. The van der Waals surface area contributed by atoms with Crippen LogP contribution in [0.1, 0.15) is 24.5 Å². The third kappa shape index (κ3) is 3.23. The summed E-state index contributed by atoms with van der Waals surface area (Å²) in [5, 5.41) is 1.42. The molecule has 5 nitrogen and oxygen atoms in total. The van der Waals surface area contributed by atoms with Gasteiger partial charge in [0, 0.05) is 17.1 Å². The molecule has 2 heterocycles. The molecule has 0 amide bonds. The number of ether oxygens (including phenoxy) is 2. The average molecular weight is 386 g/mol. The topological polar surface area (TPSA) is 51.9 Å². The lowest BCUT2D eigenvalue weighted by Gasteiger charge is -2.31. The molecule has 1 aliphatic rings. The van der Waals surface area contributed by atoms with Gasteiger partial charge in [-0.1, -0.05) is 24.9 Å². The van der Waals surface area contributed by atoms with Crippen LogP contribution in [0.15, 0.2) is 45.6 Å². The molecule has 140 valence electrons. The van der Waals surface area contributed by atoms with Gasteiger partial charge in [0.15, 0.2) is 6.73 Å². The molecular weight excluding hydrogens is 366 g/mol. The van der Waals surface area contributed by atoms with Crippen LogP contribution in [0, 0.1) is 0 Å². The zero-order chi connectivity index (χ0) is 19.0. The molecule has 0 atom stereocenters. The zero-order valence-electron chi connectivity index (χ0n) is 15.3. The van der Waals surface area contributed by atoms with E-state index in [0.29, 0.717) is 29.6 Å². The van der Waals surface area contributed by atoms with Crippen LogP contribution in [0.4, 0.5) is 5.69 Å². The quantitative estimate of drug-likeness (QED) is 0.606. The van der Waals surface area contributed by atoms with E-state index in [1.54, 1.807) is 13.2 Å². The second-order valence-corrected chi connectivity index (χ2v) is 6.96. The summed E-state index contributed by atoms with van der Waals surface area (Å²) in [7, 11) is 1.64. The Labute approximate surface area is 162 Å². The Kier molecular flexibility index (Phi) is 4.70. The highest BCUT2D eigenvalue weighted by atomic mass is 35.5. The van der Waals surface area contributed by atoms with Crippen molar-refractivity contribution in [1.29, 1.82) is 0 Å². The number of hydrogen-bond acceptors (Lipinski definition) is 5. The van der Waals surface area contributed by atoms with Crippen LogP contribution >= 0.6 is 11.6 Å². The van der Waals surface area contributed by atoms with Gasteiger partial charge in [0.25, 0.3) is 0 Å². The minimum atomic E-state index is -0.350. The van der Waals surface area contributed by atoms with E-state index in [1.165, 1.54) is 0 Å². The fraction of sp³-hybridized carbons (Fsp3) is 0.286. The summed E-state index contributed by atoms with van der Waals surface area (Å²) in [6.45, 7) is 2.98. The monoisotopic (exact) mass is 385 g/mol. The van der Waals surface area contributed by atoms with Gasteiger partial charge in [0.1, 0.15) is 17.1 Å². The molecule has 0 unspecified atom stereocenters. The number of fused-ring (bicyclic) bond motifs is 3. The first kappa shape index (κ1) is 17.7. The molecule has 0 saturated heterocycles. The summed E-state index contributed by atoms with van der Waals surface area (Å²) in [6.07, 6.45) is 1.72. The summed E-state index contributed by atoms with van der Waals surface area (Å²) < 4.78 is 16.7. The summed E-state index contributed by atoms with van der Waals surface area (Å²) in [5.41, 5.74) is 2.95. The lowest BCUT2D eigenvalue weighted by atomic mass is 10.0. The van der Waals surface area contributed by atoms with Crippen molar-refractivity contribution in [2.75, 3.05) is 18.7 Å². The molecule has 0 saturated carbocycles. The third-order valence-electron chi connectivity index (χ3n) is 4.79. The van der Waals surface area contributed by atoms with Crippen LogP contribution in [0.25, 0.3) is 11.0 Å². The predicted molar refractivity (Wildman–Crippen MR) is 106 cm³/mol. The largest absolute Gasteiger partial charge is 0.497 e. The van der Waals surface area contributed by atoms with Crippen molar-refractivity contribution in [3.8, 4) is 11.5 Å². The summed E-state index contributed by atoms with van der Waals surface area (Å²) in [6, 6.07) is 11.1. The zero-order valence-corrected chi connectivity index (χ0v) is 16.0. The van der Waals surface area contributed by atoms with Crippen LogP contribution < -0.4 is 20.0 Å². The van der Waals surface area contributed by atoms with E-state index in [2.05, 4.69) is 11.8 Å². The van der Waals surface area contributed by atoms with Gasteiger partial charge in [-0.15, -0.1) is 0 Å². The second kappa shape index (κ2) is 7.16. The Hall–Kier alpha value is -2.66. The van der Waals surface area contributed by atoms with E-state index < -0.39 is 0 Å². The number of methoxy groups -OCH3 is 1. The van der Waals surface area contributed by atoms with Gasteiger partial charge in [0.2, 0.25) is 0 Å². The highest BCUT2D eigenvalue weighted by Gasteiger charge is 2.25. The van der Waals surface area contributed by atoms with E-state index >= 15 is 0 Å². The number of halogens is 1. The SMILES string of the molecule is CCCc1cc(=O)oc2c3c(c(Cl)cc12)OCN(c1ccc(OC)cc1)C3. The first-order valence-corrected chi connectivity index (χ1v) is 9.28. The van der Waals surface area contributed by atoms with Crippen molar-refractivity contribution >= 4 is 28.3 Å².